The van der Waals surface area contributed by atoms with E-state index in [1.165, 1.54) is 4.31 Å². The normalized spacial score (nSPS) is 13.3. The minimum Gasteiger partial charge on any atom is -0.380 e. The molecule has 0 aliphatic rings. The summed E-state index contributed by atoms with van der Waals surface area (Å²) in [4.78, 5) is 9.00. The highest BCUT2D eigenvalue weighted by molar-refractivity contribution is 7.89. The third-order valence-electron chi connectivity index (χ3n) is 6.14. The molecule has 0 aliphatic heterocycles. The smallest absolute Gasteiger partial charge is 0.243 e. The molecule has 34 heavy (non-hydrogen) atoms. The largest absolute Gasteiger partial charge is 0.380 e. The summed E-state index contributed by atoms with van der Waals surface area (Å²) in [5.41, 5.74) is 2.88. The first-order valence-corrected chi connectivity index (χ1v) is 13.6. The van der Waals surface area contributed by atoms with Crippen LogP contribution < -0.4 is 0 Å². The minimum absolute atomic E-state index is 0.195. The molecule has 0 radical (unpaired) electrons. The Hall–Kier alpha value is -2.29. The number of benzene rings is 1. The highest BCUT2D eigenvalue weighted by Gasteiger charge is 2.28. The van der Waals surface area contributed by atoms with Crippen LogP contribution in [0.2, 0.25) is 0 Å². The Labute approximate surface area is 204 Å². The maximum Gasteiger partial charge on any atom is 0.243 e. The lowest BCUT2D eigenvalue weighted by Crippen LogP contribution is -2.41. The van der Waals surface area contributed by atoms with E-state index in [9.17, 15) is 8.42 Å². The molecule has 0 spiro atoms. The molecule has 3 aromatic rings. The highest BCUT2D eigenvalue weighted by Crippen LogP contribution is 2.22. The third-order valence-corrected chi connectivity index (χ3v) is 8.07. The fourth-order valence-electron chi connectivity index (χ4n) is 4.15. The summed E-state index contributed by atoms with van der Waals surface area (Å²) in [5, 5.41) is 0. The first-order chi connectivity index (χ1) is 16.2. The van der Waals surface area contributed by atoms with Gasteiger partial charge in [0.2, 0.25) is 10.0 Å². The molecule has 0 aliphatic carbocycles. The summed E-state index contributed by atoms with van der Waals surface area (Å²) in [5.74, 6) is 1.27. The summed E-state index contributed by atoms with van der Waals surface area (Å²) in [6, 6.07) is 8.91. The van der Waals surface area contributed by atoms with Crippen molar-refractivity contribution in [2.24, 2.45) is 5.92 Å². The number of aromatic nitrogens is 3. The molecule has 186 valence electrons. The Morgan fingerprint density at radius 2 is 1.85 bits per heavy atom. The quantitative estimate of drug-likeness (QED) is 0.317. The summed E-state index contributed by atoms with van der Waals surface area (Å²) < 4.78 is 36.2. The van der Waals surface area contributed by atoms with Gasteiger partial charge in [0.25, 0.3) is 0 Å². The molecule has 1 atom stereocenters. The lowest BCUT2D eigenvalue weighted by Gasteiger charge is -2.29. The van der Waals surface area contributed by atoms with Gasteiger partial charge in [-0.15, -0.1) is 0 Å². The van der Waals surface area contributed by atoms with Crippen LogP contribution in [0.3, 0.4) is 0 Å². The SMILES string of the molecule is CCCCCOC[C@H](CC(C)C)N(C)S(=O)(=O)c1ccc(Cn2c(C)nc3cnccc32)cc1. The molecular formula is C26H38N4O3S. The van der Waals surface area contributed by atoms with Gasteiger partial charge in [-0.3, -0.25) is 4.98 Å². The fourth-order valence-corrected chi connectivity index (χ4v) is 5.50. The van der Waals surface area contributed by atoms with E-state index in [0.29, 0.717) is 30.6 Å². The van der Waals surface area contributed by atoms with E-state index < -0.39 is 10.0 Å². The number of hydrogen-bond acceptors (Lipinski definition) is 5. The van der Waals surface area contributed by atoms with E-state index in [2.05, 4.69) is 35.3 Å². The maximum absolute atomic E-state index is 13.4. The van der Waals surface area contributed by atoms with Crippen molar-refractivity contribution < 1.29 is 13.2 Å². The maximum atomic E-state index is 13.4. The van der Waals surface area contributed by atoms with Crippen molar-refractivity contribution in [3.8, 4) is 0 Å². The van der Waals surface area contributed by atoms with Crippen molar-refractivity contribution in [1.82, 2.24) is 18.8 Å². The van der Waals surface area contributed by atoms with E-state index in [1.807, 2.05) is 25.1 Å². The summed E-state index contributed by atoms with van der Waals surface area (Å²) in [6.45, 7) is 10.0. The Kier molecular flexibility index (Phi) is 9.22. The van der Waals surface area contributed by atoms with Crippen molar-refractivity contribution in [3.63, 3.8) is 0 Å². The van der Waals surface area contributed by atoms with Gasteiger partial charge in [-0.05, 0) is 49.4 Å². The van der Waals surface area contributed by atoms with Crippen molar-refractivity contribution in [2.75, 3.05) is 20.3 Å². The predicted molar refractivity (Wildman–Crippen MR) is 136 cm³/mol. The molecule has 3 rings (SSSR count). The molecule has 0 unspecified atom stereocenters. The molecule has 0 fully saturated rings. The fraction of sp³-hybridized carbons (Fsp3) is 0.538. The number of aryl methyl sites for hydroxylation is 1. The molecule has 2 aromatic heterocycles. The van der Waals surface area contributed by atoms with Crippen LogP contribution in [0.1, 0.15) is 57.8 Å². The number of fused-ring (bicyclic) bond motifs is 1. The zero-order valence-electron chi connectivity index (χ0n) is 21.1. The monoisotopic (exact) mass is 486 g/mol. The molecule has 0 bridgehead atoms. The molecule has 8 heteroatoms. The molecule has 0 N–H and O–H groups in total. The van der Waals surface area contributed by atoms with E-state index in [4.69, 9.17) is 4.74 Å². The van der Waals surface area contributed by atoms with Gasteiger partial charge in [0.05, 0.1) is 23.2 Å². The van der Waals surface area contributed by atoms with Gasteiger partial charge in [-0.1, -0.05) is 45.7 Å². The number of sulfonamides is 1. The molecule has 1 aromatic carbocycles. The Bertz CT molecular complexity index is 1160. The number of pyridine rings is 1. The standard InChI is InChI=1S/C26H38N4O3S/c1-6-7-8-15-33-19-23(16-20(2)3)29(5)34(31,32)24-11-9-22(10-12-24)18-30-21(4)28-25-17-27-14-13-26(25)30/h9-14,17,20,23H,6-8,15-16,18-19H2,1-5H3/t23-/m0/s1. The second-order valence-electron chi connectivity index (χ2n) is 9.34. The van der Waals surface area contributed by atoms with Crippen LogP contribution in [0.15, 0.2) is 47.6 Å². The summed E-state index contributed by atoms with van der Waals surface area (Å²) >= 11 is 0. The Morgan fingerprint density at radius 1 is 1.12 bits per heavy atom. The molecule has 2 heterocycles. The van der Waals surface area contributed by atoms with Gasteiger partial charge in [0, 0.05) is 32.4 Å². The number of hydrogen-bond donors (Lipinski definition) is 0. The average Bonchev–Trinajstić information content (AvgIpc) is 3.12. The highest BCUT2D eigenvalue weighted by atomic mass is 32.2. The average molecular weight is 487 g/mol. The second-order valence-corrected chi connectivity index (χ2v) is 11.3. The van der Waals surface area contributed by atoms with Crippen molar-refractivity contribution in [1.29, 1.82) is 0 Å². The van der Waals surface area contributed by atoms with E-state index >= 15 is 0 Å². The molecule has 0 saturated heterocycles. The zero-order chi connectivity index (χ0) is 24.7. The number of likely N-dealkylation sites (N-methyl/N-ethyl adjacent to an activating group) is 1. The minimum atomic E-state index is -3.63. The van der Waals surface area contributed by atoms with Crippen LogP contribution in [-0.4, -0.2) is 53.6 Å². The van der Waals surface area contributed by atoms with Crippen LogP contribution in [0.25, 0.3) is 11.0 Å². The van der Waals surface area contributed by atoms with Gasteiger partial charge in [0.15, 0.2) is 0 Å². The third kappa shape index (κ3) is 6.43. The zero-order valence-corrected chi connectivity index (χ0v) is 21.9. The number of rotatable bonds is 13. The van der Waals surface area contributed by atoms with E-state index in [-0.39, 0.29) is 6.04 Å². The molecule has 7 nitrogen and oxygen atoms in total. The lowest BCUT2D eigenvalue weighted by molar-refractivity contribution is 0.0836. The summed E-state index contributed by atoms with van der Waals surface area (Å²) in [7, 11) is -1.96. The van der Waals surface area contributed by atoms with Gasteiger partial charge in [-0.2, -0.15) is 4.31 Å². The van der Waals surface area contributed by atoms with Crippen LogP contribution in [0.5, 0.6) is 0 Å². The Balaban J connectivity index is 1.73. The number of nitrogens with zero attached hydrogens (tertiary/aromatic N) is 4. The second kappa shape index (κ2) is 11.9. The van der Waals surface area contributed by atoms with E-state index in [0.717, 1.165) is 48.1 Å². The molecular weight excluding hydrogens is 448 g/mol. The molecule has 0 amide bonds. The van der Waals surface area contributed by atoms with Gasteiger partial charge in [0.1, 0.15) is 11.3 Å². The van der Waals surface area contributed by atoms with Gasteiger partial charge < -0.3 is 9.30 Å². The Morgan fingerprint density at radius 3 is 2.53 bits per heavy atom. The first-order valence-electron chi connectivity index (χ1n) is 12.2. The van der Waals surface area contributed by atoms with Crippen LogP contribution in [-0.2, 0) is 21.3 Å². The topological polar surface area (TPSA) is 77.3 Å². The summed E-state index contributed by atoms with van der Waals surface area (Å²) in [6.07, 6.45) is 7.53. The van der Waals surface area contributed by atoms with Gasteiger partial charge >= 0.3 is 0 Å². The van der Waals surface area contributed by atoms with Crippen molar-refractivity contribution >= 4 is 21.1 Å². The number of imidazole rings is 1. The van der Waals surface area contributed by atoms with Crippen LogP contribution in [0.4, 0.5) is 0 Å². The first kappa shape index (κ1) is 26.3. The van der Waals surface area contributed by atoms with Crippen molar-refractivity contribution in [3.05, 3.63) is 54.1 Å². The van der Waals surface area contributed by atoms with Crippen LogP contribution >= 0.6 is 0 Å². The lowest BCUT2D eigenvalue weighted by atomic mass is 10.0. The van der Waals surface area contributed by atoms with Gasteiger partial charge in [-0.25, -0.2) is 13.4 Å². The number of unbranched alkanes of at least 4 members (excludes halogenated alkanes) is 2. The van der Waals surface area contributed by atoms with Crippen LogP contribution in [0, 0.1) is 12.8 Å². The van der Waals surface area contributed by atoms with Crippen molar-refractivity contribution in [2.45, 2.75) is 70.9 Å². The predicted octanol–water partition coefficient (Wildman–Crippen LogP) is 5.03. The number of ether oxygens (including phenoxy) is 1. The molecule has 0 saturated carbocycles. The van der Waals surface area contributed by atoms with E-state index in [1.54, 1.807) is 31.6 Å².